The maximum Gasteiger partial charge on any atom is 0.418 e. The number of carbonyl (C=O) groups is 2. The Morgan fingerprint density at radius 3 is 2.29 bits per heavy atom. The third kappa shape index (κ3) is 4.74. The maximum absolute atomic E-state index is 13.7. The first-order chi connectivity index (χ1) is 16.0. The molecule has 0 atom stereocenters. The van der Waals surface area contributed by atoms with Gasteiger partial charge in [-0.05, 0) is 67.6 Å². The van der Waals surface area contributed by atoms with Crippen molar-refractivity contribution in [2.45, 2.75) is 13.1 Å². The molecule has 0 aliphatic rings. The summed E-state index contributed by atoms with van der Waals surface area (Å²) < 4.78 is 59.7. The molecule has 174 valence electrons. The number of anilines is 2. The maximum atomic E-state index is 13.7. The van der Waals surface area contributed by atoms with Gasteiger partial charge in [-0.2, -0.15) is 13.2 Å². The number of fused-ring (bicyclic) bond motifs is 1. The molecule has 3 aromatic carbocycles. The lowest BCUT2D eigenvalue weighted by atomic mass is 10.1. The Balaban J connectivity index is 1.62. The molecule has 4 aromatic rings. The molecule has 2 amide bonds. The molecule has 2 N–H and O–H groups in total. The number of aryl methyl sites for hydroxylation is 1. The van der Waals surface area contributed by atoms with Crippen LogP contribution in [-0.2, 0) is 6.18 Å². The molecular weight excluding hydrogens is 476 g/mol. The highest BCUT2D eigenvalue weighted by molar-refractivity contribution is 6.31. The number of rotatable bonds is 4. The number of nitrogens with one attached hydrogen (secondary N) is 2. The first-order valence-corrected chi connectivity index (χ1v) is 10.2. The van der Waals surface area contributed by atoms with Gasteiger partial charge in [-0.3, -0.25) is 9.59 Å². The lowest BCUT2D eigenvalue weighted by Gasteiger charge is -2.15. The summed E-state index contributed by atoms with van der Waals surface area (Å²) >= 11 is 5.96. The molecule has 0 saturated carbocycles. The van der Waals surface area contributed by atoms with E-state index in [1.165, 1.54) is 18.2 Å². The zero-order valence-electron chi connectivity index (χ0n) is 17.4. The molecule has 34 heavy (non-hydrogen) atoms. The first-order valence-electron chi connectivity index (χ1n) is 9.81. The molecule has 0 spiro atoms. The highest BCUT2D eigenvalue weighted by Gasteiger charge is 2.35. The van der Waals surface area contributed by atoms with Gasteiger partial charge in [-0.1, -0.05) is 11.6 Å². The van der Waals surface area contributed by atoms with E-state index >= 15 is 0 Å². The second kappa shape index (κ2) is 8.83. The Labute approximate surface area is 195 Å². The van der Waals surface area contributed by atoms with Crippen molar-refractivity contribution in [2.75, 3.05) is 10.6 Å². The number of benzene rings is 3. The van der Waals surface area contributed by atoms with E-state index in [1.807, 2.05) is 0 Å². The van der Waals surface area contributed by atoms with Gasteiger partial charge in [-0.15, -0.1) is 0 Å². The minimum absolute atomic E-state index is 0.0628. The molecule has 0 aliphatic heterocycles. The van der Waals surface area contributed by atoms with Crippen molar-refractivity contribution in [3.05, 3.63) is 94.0 Å². The molecule has 5 nitrogen and oxygen atoms in total. The quantitative estimate of drug-likeness (QED) is 0.301. The molecule has 1 heterocycles. The van der Waals surface area contributed by atoms with Crippen molar-refractivity contribution in [3.8, 4) is 0 Å². The second-order valence-corrected chi connectivity index (χ2v) is 7.81. The Bertz CT molecular complexity index is 1410. The third-order valence-corrected chi connectivity index (χ3v) is 5.28. The van der Waals surface area contributed by atoms with Gasteiger partial charge in [0.1, 0.15) is 11.4 Å². The van der Waals surface area contributed by atoms with Gasteiger partial charge in [0.05, 0.1) is 11.3 Å². The fourth-order valence-corrected chi connectivity index (χ4v) is 3.53. The van der Waals surface area contributed by atoms with Crippen molar-refractivity contribution in [2.24, 2.45) is 0 Å². The van der Waals surface area contributed by atoms with Gasteiger partial charge in [0.15, 0.2) is 5.76 Å². The Morgan fingerprint density at radius 2 is 1.62 bits per heavy atom. The number of amides is 2. The van der Waals surface area contributed by atoms with Crippen LogP contribution >= 0.6 is 11.6 Å². The summed E-state index contributed by atoms with van der Waals surface area (Å²) in [6.07, 6.45) is -4.84. The molecular formula is C24H15ClF4N2O3. The Hall–Kier alpha value is -3.85. The zero-order chi connectivity index (χ0) is 24.6. The Kier molecular flexibility index (Phi) is 6.05. The molecule has 4 rings (SSSR count). The van der Waals surface area contributed by atoms with E-state index in [-0.39, 0.29) is 17.0 Å². The smallest absolute Gasteiger partial charge is 0.418 e. The predicted octanol–water partition coefficient (Wildman–Crippen LogP) is 7.06. The average molecular weight is 491 g/mol. The molecule has 1 aromatic heterocycles. The van der Waals surface area contributed by atoms with Crippen molar-refractivity contribution in [3.63, 3.8) is 0 Å². The van der Waals surface area contributed by atoms with Crippen LogP contribution in [0.3, 0.4) is 0 Å². The van der Waals surface area contributed by atoms with E-state index in [1.54, 1.807) is 25.1 Å². The second-order valence-electron chi connectivity index (χ2n) is 7.37. The van der Waals surface area contributed by atoms with Crippen molar-refractivity contribution in [1.29, 1.82) is 0 Å². The zero-order valence-corrected chi connectivity index (χ0v) is 18.1. The summed E-state index contributed by atoms with van der Waals surface area (Å²) in [6, 6.07) is 12.2. The van der Waals surface area contributed by atoms with Gasteiger partial charge in [-0.25, -0.2) is 4.39 Å². The molecule has 0 saturated heterocycles. The van der Waals surface area contributed by atoms with Crippen LogP contribution < -0.4 is 10.6 Å². The van der Waals surface area contributed by atoms with E-state index in [4.69, 9.17) is 16.0 Å². The van der Waals surface area contributed by atoms with Gasteiger partial charge < -0.3 is 15.1 Å². The van der Waals surface area contributed by atoms with Crippen molar-refractivity contribution >= 4 is 45.8 Å². The van der Waals surface area contributed by atoms with Crippen molar-refractivity contribution in [1.82, 2.24) is 0 Å². The highest BCUT2D eigenvalue weighted by Crippen LogP contribution is 2.37. The molecule has 0 fully saturated rings. The standard InChI is InChI=1S/C24H15ClF4N2O3/c1-12-17-10-14(25)4-9-20(17)34-21(12)23(33)31-19-8-7-16(11-18(19)24(27,28)29)30-22(32)13-2-5-15(26)6-3-13/h2-11H,1H3,(H,30,32)(H,31,33). The van der Waals surface area contributed by atoms with Crippen LogP contribution in [0.15, 0.2) is 65.1 Å². The average Bonchev–Trinajstić information content (AvgIpc) is 3.10. The number of halogens is 5. The van der Waals surface area contributed by atoms with E-state index in [2.05, 4.69) is 10.6 Å². The van der Waals surface area contributed by atoms with Crippen molar-refractivity contribution < 1.29 is 31.6 Å². The number of alkyl halides is 3. The van der Waals surface area contributed by atoms with E-state index in [9.17, 15) is 27.2 Å². The van der Waals surface area contributed by atoms with Crippen LogP contribution in [0.1, 0.15) is 32.0 Å². The summed E-state index contributed by atoms with van der Waals surface area (Å²) in [6.45, 7) is 1.59. The molecule has 0 unspecified atom stereocenters. The van der Waals surface area contributed by atoms with Gasteiger partial charge >= 0.3 is 6.18 Å². The SMILES string of the molecule is Cc1c(C(=O)Nc2ccc(NC(=O)c3ccc(F)cc3)cc2C(F)(F)F)oc2ccc(Cl)cc12. The van der Waals surface area contributed by atoms with Gasteiger partial charge in [0, 0.05) is 27.2 Å². The molecule has 0 bridgehead atoms. The minimum atomic E-state index is -4.84. The highest BCUT2D eigenvalue weighted by atomic mass is 35.5. The van der Waals surface area contributed by atoms with Crippen LogP contribution in [0.4, 0.5) is 28.9 Å². The van der Waals surface area contributed by atoms with E-state index in [0.29, 0.717) is 27.6 Å². The van der Waals surface area contributed by atoms with Crippen LogP contribution in [0, 0.1) is 12.7 Å². The number of carbonyl (C=O) groups excluding carboxylic acids is 2. The molecule has 0 radical (unpaired) electrons. The van der Waals surface area contributed by atoms with Crippen LogP contribution in [-0.4, -0.2) is 11.8 Å². The van der Waals surface area contributed by atoms with Crippen LogP contribution in [0.5, 0.6) is 0 Å². The van der Waals surface area contributed by atoms with E-state index in [0.717, 1.165) is 18.2 Å². The largest absolute Gasteiger partial charge is 0.451 e. The summed E-state index contributed by atoms with van der Waals surface area (Å²) in [5, 5.41) is 5.54. The lowest BCUT2D eigenvalue weighted by Crippen LogP contribution is -2.18. The first kappa shape index (κ1) is 23.3. The van der Waals surface area contributed by atoms with Gasteiger partial charge in [0.2, 0.25) is 0 Å². The Morgan fingerprint density at radius 1 is 0.912 bits per heavy atom. The van der Waals surface area contributed by atoms with Gasteiger partial charge in [0.25, 0.3) is 11.8 Å². The van der Waals surface area contributed by atoms with Crippen LogP contribution in [0.2, 0.25) is 5.02 Å². The third-order valence-electron chi connectivity index (χ3n) is 5.04. The normalized spacial score (nSPS) is 11.5. The monoisotopic (exact) mass is 490 g/mol. The molecule has 10 heteroatoms. The number of hydrogen-bond acceptors (Lipinski definition) is 3. The minimum Gasteiger partial charge on any atom is -0.451 e. The summed E-state index contributed by atoms with van der Waals surface area (Å²) in [5.74, 6) is -2.31. The lowest BCUT2D eigenvalue weighted by molar-refractivity contribution is -0.136. The fourth-order valence-electron chi connectivity index (χ4n) is 3.36. The topological polar surface area (TPSA) is 71.3 Å². The number of furan rings is 1. The summed E-state index contributed by atoms with van der Waals surface area (Å²) in [7, 11) is 0. The summed E-state index contributed by atoms with van der Waals surface area (Å²) in [5.41, 5.74) is -1.000. The fraction of sp³-hybridized carbons (Fsp3) is 0.0833. The predicted molar refractivity (Wildman–Crippen MR) is 120 cm³/mol. The summed E-state index contributed by atoms with van der Waals surface area (Å²) in [4.78, 5) is 25.0. The van der Waals surface area contributed by atoms with E-state index < -0.39 is 35.1 Å². The van der Waals surface area contributed by atoms with Crippen LogP contribution in [0.25, 0.3) is 11.0 Å². The number of hydrogen-bond donors (Lipinski definition) is 2. The molecule has 0 aliphatic carbocycles.